The van der Waals surface area contributed by atoms with Crippen molar-refractivity contribution in [3.8, 4) is 0 Å². The van der Waals surface area contributed by atoms with Gasteiger partial charge in [-0.3, -0.25) is 24.3 Å². The number of para-hydroxylation sites is 1. The van der Waals surface area contributed by atoms with Gasteiger partial charge in [0.15, 0.2) is 0 Å². The molecule has 1 aromatic heterocycles. The van der Waals surface area contributed by atoms with Gasteiger partial charge in [-0.25, -0.2) is 0 Å². The lowest BCUT2D eigenvalue weighted by Gasteiger charge is -2.48. The highest BCUT2D eigenvalue weighted by Crippen LogP contribution is 2.44. The molecule has 0 aliphatic carbocycles. The zero-order chi connectivity index (χ0) is 23.0. The minimum atomic E-state index is -0.730. The Bertz CT molecular complexity index is 1070. The fourth-order valence-corrected chi connectivity index (χ4v) is 5.73. The van der Waals surface area contributed by atoms with Gasteiger partial charge in [0, 0.05) is 38.3 Å². The predicted octanol–water partition coefficient (Wildman–Crippen LogP) is 3.91. The van der Waals surface area contributed by atoms with Crippen LogP contribution in [0.5, 0.6) is 0 Å². The lowest BCUT2D eigenvalue weighted by Crippen LogP contribution is -2.62. The molecule has 0 spiro atoms. The summed E-state index contributed by atoms with van der Waals surface area (Å²) < 4.78 is 0. The van der Waals surface area contributed by atoms with Gasteiger partial charge in [0.2, 0.25) is 11.8 Å². The topological polar surface area (TPSA) is 73.8 Å². The SMILES string of the molecule is CC12CCC(=O)N1c1ccccc1C(=O)N2CCC(=O)N1CCCCCC1c1ccncc1. The molecule has 2 unspecified atom stereocenters. The molecule has 7 heteroatoms. The number of anilines is 1. The smallest absolute Gasteiger partial charge is 0.257 e. The van der Waals surface area contributed by atoms with Crippen LogP contribution in [0.15, 0.2) is 48.8 Å². The molecule has 5 rings (SSSR count). The Morgan fingerprint density at radius 3 is 2.70 bits per heavy atom. The molecule has 2 saturated heterocycles. The van der Waals surface area contributed by atoms with Crippen molar-refractivity contribution in [3.63, 3.8) is 0 Å². The van der Waals surface area contributed by atoms with Crippen LogP contribution in [0.1, 0.15) is 73.8 Å². The molecule has 3 amide bonds. The predicted molar refractivity (Wildman–Crippen MR) is 124 cm³/mol. The first-order chi connectivity index (χ1) is 16.0. The van der Waals surface area contributed by atoms with Gasteiger partial charge in [-0.05, 0) is 56.0 Å². The third-order valence-electron chi connectivity index (χ3n) is 7.46. The number of aromatic nitrogens is 1. The summed E-state index contributed by atoms with van der Waals surface area (Å²) >= 11 is 0. The zero-order valence-corrected chi connectivity index (χ0v) is 19.1. The maximum absolute atomic E-state index is 13.5. The standard InChI is InChI=1S/C26H30N4O3/c1-26-14-10-24(32)30(26)22-9-5-4-7-20(22)25(33)29(26)18-13-23(31)28-17-6-2-3-8-21(28)19-11-15-27-16-12-19/h4-5,7,9,11-12,15-16,21H,2-3,6,8,10,13-14,17-18H2,1H3. The van der Waals surface area contributed by atoms with Crippen molar-refractivity contribution in [2.75, 3.05) is 18.0 Å². The van der Waals surface area contributed by atoms with Crippen LogP contribution in [0.4, 0.5) is 5.69 Å². The van der Waals surface area contributed by atoms with Crippen LogP contribution < -0.4 is 4.90 Å². The van der Waals surface area contributed by atoms with Crippen molar-refractivity contribution in [1.29, 1.82) is 0 Å². The van der Waals surface area contributed by atoms with Gasteiger partial charge in [-0.1, -0.05) is 25.0 Å². The number of rotatable bonds is 4. The highest BCUT2D eigenvalue weighted by molar-refractivity contribution is 6.10. The lowest BCUT2D eigenvalue weighted by atomic mass is 9.97. The molecule has 33 heavy (non-hydrogen) atoms. The number of hydrogen-bond acceptors (Lipinski definition) is 4. The Morgan fingerprint density at radius 2 is 1.88 bits per heavy atom. The first kappa shape index (κ1) is 21.6. The van der Waals surface area contributed by atoms with Gasteiger partial charge < -0.3 is 9.80 Å². The summed E-state index contributed by atoms with van der Waals surface area (Å²) in [5.41, 5.74) is 1.59. The maximum atomic E-state index is 13.5. The largest absolute Gasteiger partial charge is 0.336 e. The molecule has 0 radical (unpaired) electrons. The van der Waals surface area contributed by atoms with Crippen LogP contribution in [0.25, 0.3) is 0 Å². The first-order valence-corrected chi connectivity index (χ1v) is 11.9. The van der Waals surface area contributed by atoms with Crippen LogP contribution in [0, 0.1) is 0 Å². The number of carbonyl (C=O) groups is 3. The summed E-state index contributed by atoms with van der Waals surface area (Å²) in [5, 5.41) is 0. The Morgan fingerprint density at radius 1 is 1.09 bits per heavy atom. The minimum Gasteiger partial charge on any atom is -0.336 e. The number of fused-ring (bicyclic) bond motifs is 3. The maximum Gasteiger partial charge on any atom is 0.257 e. The highest BCUT2D eigenvalue weighted by Gasteiger charge is 2.52. The average Bonchev–Trinajstić information content (AvgIpc) is 3.00. The Hall–Kier alpha value is -3.22. The monoisotopic (exact) mass is 446 g/mol. The van der Waals surface area contributed by atoms with Crippen LogP contribution in [-0.4, -0.2) is 51.3 Å². The number of carbonyl (C=O) groups excluding carboxylic acids is 3. The second-order valence-electron chi connectivity index (χ2n) is 9.40. The molecule has 0 N–H and O–H groups in total. The molecule has 1 aromatic carbocycles. The summed E-state index contributed by atoms with van der Waals surface area (Å²) in [4.78, 5) is 49.3. The van der Waals surface area contributed by atoms with E-state index in [0.717, 1.165) is 37.8 Å². The molecule has 0 bridgehead atoms. The van der Waals surface area contributed by atoms with Crippen LogP contribution >= 0.6 is 0 Å². The number of hydrogen-bond donors (Lipinski definition) is 0. The summed E-state index contributed by atoms with van der Waals surface area (Å²) in [6.07, 6.45) is 8.90. The van der Waals surface area contributed by atoms with E-state index in [2.05, 4.69) is 4.98 Å². The van der Waals surface area contributed by atoms with Gasteiger partial charge in [0.25, 0.3) is 5.91 Å². The Labute approximate surface area is 194 Å². The van der Waals surface area contributed by atoms with Crippen molar-refractivity contribution >= 4 is 23.4 Å². The quantitative estimate of drug-likeness (QED) is 0.714. The fourth-order valence-electron chi connectivity index (χ4n) is 5.73. The van der Waals surface area contributed by atoms with Gasteiger partial charge >= 0.3 is 0 Å². The van der Waals surface area contributed by atoms with Crippen molar-refractivity contribution in [2.24, 2.45) is 0 Å². The molecule has 2 aromatic rings. The van der Waals surface area contributed by atoms with E-state index in [1.807, 2.05) is 42.2 Å². The number of benzene rings is 1. The second-order valence-corrected chi connectivity index (χ2v) is 9.40. The number of amides is 3. The molecular weight excluding hydrogens is 416 g/mol. The van der Waals surface area contributed by atoms with Crippen molar-refractivity contribution < 1.29 is 14.4 Å². The molecule has 0 saturated carbocycles. The molecular formula is C26H30N4O3. The van der Waals surface area contributed by atoms with E-state index in [9.17, 15) is 14.4 Å². The first-order valence-electron chi connectivity index (χ1n) is 11.9. The van der Waals surface area contributed by atoms with E-state index in [4.69, 9.17) is 0 Å². The van der Waals surface area contributed by atoms with Gasteiger partial charge in [0.1, 0.15) is 5.66 Å². The summed E-state index contributed by atoms with van der Waals surface area (Å²) in [6.45, 7) is 2.97. The third-order valence-corrected chi connectivity index (χ3v) is 7.46. The summed E-state index contributed by atoms with van der Waals surface area (Å²) in [6, 6.07) is 11.3. The van der Waals surface area contributed by atoms with Crippen LogP contribution in [0.2, 0.25) is 0 Å². The van der Waals surface area contributed by atoms with Gasteiger partial charge in [0.05, 0.1) is 17.3 Å². The minimum absolute atomic E-state index is 0.0269. The summed E-state index contributed by atoms with van der Waals surface area (Å²) in [7, 11) is 0. The Balaban J connectivity index is 1.38. The molecule has 3 aliphatic heterocycles. The van der Waals surface area contributed by atoms with E-state index < -0.39 is 5.66 Å². The number of pyridine rings is 1. The normalized spacial score (nSPS) is 25.0. The van der Waals surface area contributed by atoms with Crippen molar-refractivity contribution in [2.45, 2.75) is 63.6 Å². The van der Waals surface area contributed by atoms with E-state index in [1.54, 1.807) is 28.3 Å². The second kappa shape index (κ2) is 8.61. The van der Waals surface area contributed by atoms with Crippen LogP contribution in [0.3, 0.4) is 0 Å². The zero-order valence-electron chi connectivity index (χ0n) is 19.1. The van der Waals surface area contributed by atoms with Gasteiger partial charge in [-0.15, -0.1) is 0 Å². The van der Waals surface area contributed by atoms with Crippen LogP contribution in [-0.2, 0) is 9.59 Å². The van der Waals surface area contributed by atoms with Crippen molar-refractivity contribution in [3.05, 3.63) is 59.9 Å². The molecule has 7 nitrogen and oxygen atoms in total. The van der Waals surface area contributed by atoms with E-state index in [1.165, 1.54) is 0 Å². The van der Waals surface area contributed by atoms with Crippen molar-refractivity contribution in [1.82, 2.24) is 14.8 Å². The van der Waals surface area contributed by atoms with E-state index in [0.29, 0.717) is 30.6 Å². The Kier molecular flexibility index (Phi) is 5.64. The molecule has 2 atom stereocenters. The fraction of sp³-hybridized carbons (Fsp3) is 0.462. The average molecular weight is 447 g/mol. The third kappa shape index (κ3) is 3.69. The molecule has 2 fully saturated rings. The highest BCUT2D eigenvalue weighted by atomic mass is 16.2. The molecule has 172 valence electrons. The number of nitrogens with zero attached hydrogens (tertiary/aromatic N) is 4. The van der Waals surface area contributed by atoms with E-state index >= 15 is 0 Å². The van der Waals surface area contributed by atoms with E-state index in [-0.39, 0.29) is 30.2 Å². The lowest BCUT2D eigenvalue weighted by molar-refractivity contribution is -0.134. The summed E-state index contributed by atoms with van der Waals surface area (Å²) in [5.74, 6) is -0.0164. The number of likely N-dealkylation sites (tertiary alicyclic amines) is 1. The molecule has 3 aliphatic rings. The van der Waals surface area contributed by atoms with Gasteiger partial charge in [-0.2, -0.15) is 0 Å². The molecule has 4 heterocycles.